The number of aromatic amines is 1. The van der Waals surface area contributed by atoms with Gasteiger partial charge in [0.1, 0.15) is 11.6 Å². The van der Waals surface area contributed by atoms with Crippen molar-refractivity contribution in [1.29, 1.82) is 0 Å². The SMILES string of the molecule is O=C(O)C[C@@H]1CCN(Cc2ccccc2O)C[C@@H]1Cc1nc2ccccc2[nH]1. The molecule has 0 saturated carbocycles. The highest BCUT2D eigenvalue weighted by Gasteiger charge is 2.31. The monoisotopic (exact) mass is 379 g/mol. The molecule has 4 rings (SSSR count). The Morgan fingerprint density at radius 1 is 1.14 bits per heavy atom. The second kappa shape index (κ2) is 8.02. The number of nitrogens with one attached hydrogen (secondary N) is 1. The van der Waals surface area contributed by atoms with E-state index < -0.39 is 5.97 Å². The van der Waals surface area contributed by atoms with Gasteiger partial charge < -0.3 is 15.2 Å². The lowest BCUT2D eigenvalue weighted by atomic mass is 9.81. The van der Waals surface area contributed by atoms with Crippen LogP contribution in [0.4, 0.5) is 0 Å². The van der Waals surface area contributed by atoms with Gasteiger partial charge in [0.2, 0.25) is 0 Å². The molecule has 1 aliphatic rings. The molecule has 0 bridgehead atoms. The Labute approximate surface area is 163 Å². The molecule has 146 valence electrons. The van der Waals surface area contributed by atoms with Crippen LogP contribution < -0.4 is 0 Å². The Balaban J connectivity index is 1.51. The number of hydrogen-bond acceptors (Lipinski definition) is 4. The molecule has 6 nitrogen and oxygen atoms in total. The molecule has 0 radical (unpaired) electrons. The molecule has 0 aliphatic carbocycles. The van der Waals surface area contributed by atoms with Crippen LogP contribution in [0.2, 0.25) is 0 Å². The number of para-hydroxylation sites is 3. The number of rotatable bonds is 6. The van der Waals surface area contributed by atoms with Crippen LogP contribution in [0.1, 0.15) is 24.2 Å². The molecular formula is C22H25N3O3. The number of aliphatic carboxylic acids is 1. The number of carbonyl (C=O) groups is 1. The standard InChI is InChI=1S/C22H25N3O3/c26-20-8-4-1-5-16(20)13-25-10-9-15(12-22(27)28)17(14-25)11-21-23-18-6-2-3-7-19(18)24-21/h1-8,15,17,26H,9-14H2,(H,23,24)(H,27,28)/t15-,17-/m0/s1. The van der Waals surface area contributed by atoms with Crippen LogP contribution in [0, 0.1) is 11.8 Å². The van der Waals surface area contributed by atoms with E-state index in [1.54, 1.807) is 6.07 Å². The first-order chi connectivity index (χ1) is 13.6. The summed E-state index contributed by atoms with van der Waals surface area (Å²) in [5.41, 5.74) is 2.85. The molecule has 0 spiro atoms. The lowest BCUT2D eigenvalue weighted by Crippen LogP contribution is -2.41. The van der Waals surface area contributed by atoms with Crippen LogP contribution in [0.15, 0.2) is 48.5 Å². The molecule has 1 aliphatic heterocycles. The Bertz CT molecular complexity index is 935. The average molecular weight is 379 g/mol. The summed E-state index contributed by atoms with van der Waals surface area (Å²) in [6.45, 7) is 2.30. The minimum absolute atomic E-state index is 0.131. The predicted molar refractivity (Wildman–Crippen MR) is 107 cm³/mol. The fourth-order valence-electron chi connectivity index (χ4n) is 4.26. The third-order valence-electron chi connectivity index (χ3n) is 5.69. The smallest absolute Gasteiger partial charge is 0.303 e. The van der Waals surface area contributed by atoms with Crippen molar-refractivity contribution >= 4 is 17.0 Å². The van der Waals surface area contributed by atoms with Gasteiger partial charge in [0, 0.05) is 31.5 Å². The van der Waals surface area contributed by atoms with Gasteiger partial charge in [-0.2, -0.15) is 0 Å². The molecule has 28 heavy (non-hydrogen) atoms. The van der Waals surface area contributed by atoms with E-state index in [-0.39, 0.29) is 18.3 Å². The molecule has 2 aromatic carbocycles. The zero-order valence-corrected chi connectivity index (χ0v) is 15.7. The second-order valence-electron chi connectivity index (χ2n) is 7.68. The number of aromatic hydroxyl groups is 1. The largest absolute Gasteiger partial charge is 0.508 e. The predicted octanol–water partition coefficient (Wildman–Crippen LogP) is 3.42. The molecule has 2 atom stereocenters. The van der Waals surface area contributed by atoms with Crippen molar-refractivity contribution in [3.8, 4) is 5.75 Å². The first-order valence-electron chi connectivity index (χ1n) is 9.73. The topological polar surface area (TPSA) is 89.4 Å². The van der Waals surface area contributed by atoms with Gasteiger partial charge in [0.25, 0.3) is 0 Å². The van der Waals surface area contributed by atoms with E-state index in [0.29, 0.717) is 12.3 Å². The number of likely N-dealkylation sites (tertiary alicyclic amines) is 1. The van der Waals surface area contributed by atoms with E-state index in [2.05, 4.69) is 14.9 Å². The van der Waals surface area contributed by atoms with Gasteiger partial charge in [-0.15, -0.1) is 0 Å². The first kappa shape index (κ1) is 18.5. The summed E-state index contributed by atoms with van der Waals surface area (Å²) in [4.78, 5) is 21.7. The minimum atomic E-state index is -0.742. The maximum absolute atomic E-state index is 11.4. The highest BCUT2D eigenvalue weighted by atomic mass is 16.4. The summed E-state index contributed by atoms with van der Waals surface area (Å²) in [6.07, 6.45) is 1.75. The normalized spacial score (nSPS) is 20.4. The maximum atomic E-state index is 11.4. The van der Waals surface area contributed by atoms with E-state index in [1.807, 2.05) is 42.5 Å². The molecule has 3 N–H and O–H groups in total. The number of piperidine rings is 1. The minimum Gasteiger partial charge on any atom is -0.508 e. The number of phenols is 1. The summed E-state index contributed by atoms with van der Waals surface area (Å²) < 4.78 is 0. The Kier molecular flexibility index (Phi) is 5.30. The van der Waals surface area contributed by atoms with Crippen LogP contribution in [-0.2, 0) is 17.8 Å². The van der Waals surface area contributed by atoms with Crippen molar-refractivity contribution in [3.05, 3.63) is 59.9 Å². The molecule has 2 heterocycles. The molecule has 3 aromatic rings. The van der Waals surface area contributed by atoms with Crippen molar-refractivity contribution in [1.82, 2.24) is 14.9 Å². The Morgan fingerprint density at radius 2 is 1.93 bits per heavy atom. The summed E-state index contributed by atoms with van der Waals surface area (Å²) in [7, 11) is 0. The lowest BCUT2D eigenvalue weighted by Gasteiger charge is -2.38. The van der Waals surface area contributed by atoms with E-state index in [9.17, 15) is 15.0 Å². The number of imidazole rings is 1. The molecule has 1 aromatic heterocycles. The maximum Gasteiger partial charge on any atom is 0.303 e. The molecule has 1 fully saturated rings. The number of fused-ring (bicyclic) bond motifs is 1. The van der Waals surface area contributed by atoms with Gasteiger partial charge in [-0.05, 0) is 43.0 Å². The van der Waals surface area contributed by atoms with Crippen molar-refractivity contribution in [3.63, 3.8) is 0 Å². The van der Waals surface area contributed by atoms with Crippen molar-refractivity contribution in [2.45, 2.75) is 25.8 Å². The van der Waals surface area contributed by atoms with Crippen LogP contribution >= 0.6 is 0 Å². The fourth-order valence-corrected chi connectivity index (χ4v) is 4.26. The number of phenolic OH excluding ortho intramolecular Hbond substituents is 1. The van der Waals surface area contributed by atoms with Gasteiger partial charge >= 0.3 is 5.97 Å². The number of H-pyrrole nitrogens is 1. The summed E-state index contributed by atoms with van der Waals surface area (Å²) >= 11 is 0. The molecular weight excluding hydrogens is 354 g/mol. The van der Waals surface area contributed by atoms with Crippen LogP contribution in [0.5, 0.6) is 5.75 Å². The highest BCUT2D eigenvalue weighted by molar-refractivity contribution is 5.74. The van der Waals surface area contributed by atoms with E-state index >= 15 is 0 Å². The fraction of sp³-hybridized carbons (Fsp3) is 0.364. The third-order valence-corrected chi connectivity index (χ3v) is 5.69. The summed E-state index contributed by atoms with van der Waals surface area (Å²) in [5.74, 6) is 0.811. The number of hydrogen-bond donors (Lipinski definition) is 3. The lowest BCUT2D eigenvalue weighted by molar-refractivity contribution is -0.139. The quantitative estimate of drug-likeness (QED) is 0.611. The van der Waals surface area contributed by atoms with E-state index in [4.69, 9.17) is 0 Å². The average Bonchev–Trinajstić information content (AvgIpc) is 3.08. The van der Waals surface area contributed by atoms with Gasteiger partial charge in [-0.3, -0.25) is 9.69 Å². The van der Waals surface area contributed by atoms with Gasteiger partial charge in [0.15, 0.2) is 0 Å². The van der Waals surface area contributed by atoms with E-state index in [0.717, 1.165) is 48.4 Å². The molecule has 1 saturated heterocycles. The number of benzene rings is 2. The van der Waals surface area contributed by atoms with Crippen LogP contribution in [0.25, 0.3) is 11.0 Å². The van der Waals surface area contributed by atoms with Crippen LogP contribution in [-0.4, -0.2) is 44.1 Å². The molecule has 0 unspecified atom stereocenters. The Hall–Kier alpha value is -2.86. The third kappa shape index (κ3) is 4.17. The molecule has 0 amide bonds. The second-order valence-corrected chi connectivity index (χ2v) is 7.68. The number of carboxylic acids is 1. The Morgan fingerprint density at radius 3 is 2.71 bits per heavy atom. The molecule has 6 heteroatoms. The number of nitrogens with zero attached hydrogens (tertiary/aromatic N) is 2. The zero-order chi connectivity index (χ0) is 19.5. The number of carboxylic acid groups (broad SMARTS) is 1. The van der Waals surface area contributed by atoms with Crippen molar-refractivity contribution < 1.29 is 15.0 Å². The van der Waals surface area contributed by atoms with Gasteiger partial charge in [-0.25, -0.2) is 4.98 Å². The highest BCUT2D eigenvalue weighted by Crippen LogP contribution is 2.31. The van der Waals surface area contributed by atoms with Gasteiger partial charge in [-0.1, -0.05) is 30.3 Å². The van der Waals surface area contributed by atoms with Crippen molar-refractivity contribution in [2.75, 3.05) is 13.1 Å². The zero-order valence-electron chi connectivity index (χ0n) is 15.7. The number of aromatic nitrogens is 2. The van der Waals surface area contributed by atoms with Gasteiger partial charge in [0.05, 0.1) is 11.0 Å². The van der Waals surface area contributed by atoms with Crippen LogP contribution in [0.3, 0.4) is 0 Å². The van der Waals surface area contributed by atoms with E-state index in [1.165, 1.54) is 0 Å². The summed E-state index contributed by atoms with van der Waals surface area (Å²) in [5, 5.41) is 19.4. The summed E-state index contributed by atoms with van der Waals surface area (Å²) in [6, 6.07) is 15.3. The first-order valence-corrected chi connectivity index (χ1v) is 9.73. The van der Waals surface area contributed by atoms with Crippen molar-refractivity contribution in [2.24, 2.45) is 11.8 Å².